The van der Waals surface area contributed by atoms with Crippen LogP contribution in [-0.2, 0) is 35.4 Å². The lowest BCUT2D eigenvalue weighted by atomic mass is 9.91. The van der Waals surface area contributed by atoms with Crippen LogP contribution in [0.4, 0.5) is 4.79 Å². The molecule has 194 valence electrons. The van der Waals surface area contributed by atoms with E-state index < -0.39 is 18.1 Å². The minimum absolute atomic E-state index is 0.0589. The molecule has 4 aromatic rings. The first-order valence-corrected chi connectivity index (χ1v) is 12.9. The Bertz CT molecular complexity index is 1510. The Morgan fingerprint density at radius 3 is 2.42 bits per heavy atom. The largest absolute Gasteiger partial charge is 0.445 e. The van der Waals surface area contributed by atoms with Crippen LogP contribution in [0.25, 0.3) is 11.0 Å². The van der Waals surface area contributed by atoms with Crippen molar-refractivity contribution in [2.75, 3.05) is 0 Å². The van der Waals surface area contributed by atoms with Crippen molar-refractivity contribution in [3.63, 3.8) is 0 Å². The predicted octanol–water partition coefficient (Wildman–Crippen LogP) is 5.77. The molecule has 1 aliphatic rings. The van der Waals surface area contributed by atoms with Gasteiger partial charge < -0.3 is 19.2 Å². The zero-order chi connectivity index (χ0) is 26.5. The topological polar surface area (TPSA) is 94.8 Å². The lowest BCUT2D eigenvalue weighted by Crippen LogP contribution is -2.44. The second-order valence-corrected chi connectivity index (χ2v) is 9.66. The number of alkyl carbamates (subject to hydrolysis) is 1. The Kier molecular flexibility index (Phi) is 7.75. The van der Waals surface area contributed by atoms with Gasteiger partial charge in [-0.05, 0) is 66.6 Å². The molecule has 0 saturated heterocycles. The second kappa shape index (κ2) is 11.5. The Morgan fingerprint density at radius 2 is 1.66 bits per heavy atom. The molecule has 1 heterocycles. The highest BCUT2D eigenvalue weighted by atomic mass is 35.5. The molecule has 1 aliphatic carbocycles. The van der Waals surface area contributed by atoms with E-state index in [9.17, 15) is 14.4 Å². The monoisotopic (exact) mass is 531 g/mol. The van der Waals surface area contributed by atoms with Crippen LogP contribution in [0.1, 0.15) is 35.1 Å². The Labute approximate surface area is 224 Å². The van der Waals surface area contributed by atoms with Crippen LogP contribution in [0.3, 0.4) is 0 Å². The zero-order valence-electron chi connectivity index (χ0n) is 20.6. The standard InChI is InChI=1S/C30H26ClNO6/c31-21-12-10-19(11-13-21)16-26(32-30(35)36-18-20-6-2-1-3-7-20)29(34)37-22-14-15-24-23-8-4-5-9-25(23)28(33)38-27(24)17-22/h1-3,6-7,10-15,17,26H,4-5,8-9,16,18H2,(H,32,35). The molecule has 1 N–H and O–H groups in total. The van der Waals surface area contributed by atoms with Crippen molar-refractivity contribution in [3.05, 3.63) is 110 Å². The molecule has 1 atom stereocenters. The van der Waals surface area contributed by atoms with Crippen LogP contribution in [0.2, 0.25) is 5.02 Å². The molecular weight excluding hydrogens is 506 g/mol. The smallest absolute Gasteiger partial charge is 0.408 e. The molecule has 0 radical (unpaired) electrons. The van der Waals surface area contributed by atoms with Gasteiger partial charge >= 0.3 is 17.7 Å². The van der Waals surface area contributed by atoms with Crippen molar-refractivity contribution in [2.24, 2.45) is 0 Å². The number of hydrogen-bond donors (Lipinski definition) is 1. The summed E-state index contributed by atoms with van der Waals surface area (Å²) in [6.45, 7) is 0.0589. The van der Waals surface area contributed by atoms with Crippen LogP contribution in [0.5, 0.6) is 5.75 Å². The highest BCUT2D eigenvalue weighted by Crippen LogP contribution is 2.29. The molecule has 7 nitrogen and oxygen atoms in total. The van der Waals surface area contributed by atoms with E-state index in [1.165, 1.54) is 6.07 Å². The molecule has 1 unspecified atom stereocenters. The predicted molar refractivity (Wildman–Crippen MR) is 143 cm³/mol. The molecule has 0 bridgehead atoms. The number of halogens is 1. The van der Waals surface area contributed by atoms with Crippen LogP contribution >= 0.6 is 11.6 Å². The number of carbonyl (C=O) groups excluding carboxylic acids is 2. The van der Waals surface area contributed by atoms with Crippen LogP contribution in [0.15, 0.2) is 82.0 Å². The fraction of sp³-hybridized carbons (Fsp3) is 0.233. The zero-order valence-corrected chi connectivity index (χ0v) is 21.3. The number of benzene rings is 3. The molecular formula is C30H26ClNO6. The average Bonchev–Trinajstić information content (AvgIpc) is 2.93. The summed E-state index contributed by atoms with van der Waals surface area (Å²) in [4.78, 5) is 38.3. The number of ether oxygens (including phenoxy) is 2. The summed E-state index contributed by atoms with van der Waals surface area (Å²) in [5.41, 5.74) is 3.35. The van der Waals surface area contributed by atoms with E-state index in [0.29, 0.717) is 17.0 Å². The van der Waals surface area contributed by atoms with Crippen molar-refractivity contribution >= 4 is 34.6 Å². The number of fused-ring (bicyclic) bond motifs is 3. The van der Waals surface area contributed by atoms with Gasteiger partial charge in [-0.15, -0.1) is 0 Å². The molecule has 0 saturated carbocycles. The van der Waals surface area contributed by atoms with Crippen molar-refractivity contribution in [2.45, 2.75) is 44.8 Å². The van der Waals surface area contributed by atoms with Gasteiger partial charge in [0.15, 0.2) is 0 Å². The number of amides is 1. The number of rotatable bonds is 7. The van der Waals surface area contributed by atoms with Gasteiger partial charge in [0, 0.05) is 28.5 Å². The Balaban J connectivity index is 1.34. The molecule has 3 aromatic carbocycles. The SMILES string of the molecule is O=C(NC(Cc1ccc(Cl)cc1)C(=O)Oc1ccc2c3c(c(=O)oc2c1)CCCC3)OCc1ccccc1. The number of esters is 1. The molecule has 8 heteroatoms. The summed E-state index contributed by atoms with van der Waals surface area (Å²) >= 11 is 5.99. The van der Waals surface area contributed by atoms with Crippen molar-refractivity contribution in [3.8, 4) is 5.75 Å². The van der Waals surface area contributed by atoms with Gasteiger partial charge in [-0.2, -0.15) is 0 Å². The Morgan fingerprint density at radius 1 is 0.921 bits per heavy atom. The van der Waals surface area contributed by atoms with Gasteiger partial charge in [0.2, 0.25) is 0 Å². The normalized spacial score (nSPS) is 13.4. The van der Waals surface area contributed by atoms with Crippen molar-refractivity contribution < 1.29 is 23.5 Å². The summed E-state index contributed by atoms with van der Waals surface area (Å²) < 4.78 is 16.5. The quantitative estimate of drug-likeness (QED) is 0.185. The summed E-state index contributed by atoms with van der Waals surface area (Å²) in [7, 11) is 0. The average molecular weight is 532 g/mol. The first-order valence-electron chi connectivity index (χ1n) is 12.5. The van der Waals surface area contributed by atoms with Gasteiger partial charge in [-0.3, -0.25) is 0 Å². The van der Waals surface area contributed by atoms with E-state index in [1.807, 2.05) is 30.3 Å². The molecule has 0 fully saturated rings. The minimum Gasteiger partial charge on any atom is -0.445 e. The number of hydrogen-bond acceptors (Lipinski definition) is 6. The first-order chi connectivity index (χ1) is 18.5. The summed E-state index contributed by atoms with van der Waals surface area (Å²) in [6.07, 6.45) is 2.92. The third kappa shape index (κ3) is 6.06. The van der Waals surface area contributed by atoms with Crippen molar-refractivity contribution in [1.82, 2.24) is 5.32 Å². The maximum Gasteiger partial charge on any atom is 0.408 e. The molecule has 0 spiro atoms. The van der Waals surface area contributed by atoms with Gasteiger partial charge in [-0.25, -0.2) is 14.4 Å². The fourth-order valence-electron chi connectivity index (χ4n) is 4.63. The first kappa shape index (κ1) is 25.5. The number of aryl methyl sites for hydroxylation is 1. The minimum atomic E-state index is -1.04. The molecule has 38 heavy (non-hydrogen) atoms. The third-order valence-corrected chi connectivity index (χ3v) is 6.81. The molecule has 1 aromatic heterocycles. The highest BCUT2D eigenvalue weighted by Gasteiger charge is 2.25. The fourth-order valence-corrected chi connectivity index (χ4v) is 4.76. The van der Waals surface area contributed by atoms with E-state index in [0.717, 1.165) is 46.9 Å². The number of nitrogens with one attached hydrogen (secondary N) is 1. The van der Waals surface area contributed by atoms with Gasteiger partial charge in [0.25, 0.3) is 0 Å². The lowest BCUT2D eigenvalue weighted by molar-refractivity contribution is -0.136. The summed E-state index contributed by atoms with van der Waals surface area (Å²) in [5.74, 6) is -0.474. The molecule has 5 rings (SSSR count). The van der Waals surface area contributed by atoms with E-state index in [1.54, 1.807) is 36.4 Å². The van der Waals surface area contributed by atoms with Crippen LogP contribution in [0, 0.1) is 0 Å². The maximum absolute atomic E-state index is 13.2. The van der Waals surface area contributed by atoms with Crippen LogP contribution < -0.4 is 15.7 Å². The van der Waals surface area contributed by atoms with Gasteiger partial charge in [0.05, 0.1) is 0 Å². The van der Waals surface area contributed by atoms with E-state index >= 15 is 0 Å². The third-order valence-electron chi connectivity index (χ3n) is 6.56. The lowest BCUT2D eigenvalue weighted by Gasteiger charge is -2.19. The number of carbonyl (C=O) groups is 2. The highest BCUT2D eigenvalue weighted by molar-refractivity contribution is 6.30. The Hall–Kier alpha value is -4.10. The van der Waals surface area contributed by atoms with Gasteiger partial charge in [0.1, 0.15) is 24.0 Å². The molecule has 1 amide bonds. The summed E-state index contributed by atoms with van der Waals surface area (Å²) in [5, 5.41) is 4.02. The van der Waals surface area contributed by atoms with E-state index in [2.05, 4.69) is 5.32 Å². The van der Waals surface area contributed by atoms with Crippen molar-refractivity contribution in [1.29, 1.82) is 0 Å². The van der Waals surface area contributed by atoms with Crippen LogP contribution in [-0.4, -0.2) is 18.1 Å². The van der Waals surface area contributed by atoms with Gasteiger partial charge in [-0.1, -0.05) is 54.1 Å². The maximum atomic E-state index is 13.2. The van der Waals surface area contributed by atoms with E-state index in [4.69, 9.17) is 25.5 Å². The molecule has 0 aliphatic heterocycles. The second-order valence-electron chi connectivity index (χ2n) is 9.22. The van der Waals surface area contributed by atoms with E-state index in [-0.39, 0.29) is 24.4 Å². The summed E-state index contributed by atoms with van der Waals surface area (Å²) in [6, 6.07) is 20.2.